The molecule has 1 rings (SSSR count). The number of hydrogen-bond donors (Lipinski definition) is 0. The van der Waals surface area contributed by atoms with Gasteiger partial charge in [0.15, 0.2) is 5.78 Å². The molecule has 0 aromatic carbocycles. The van der Waals surface area contributed by atoms with Crippen LogP contribution < -0.4 is 0 Å². The van der Waals surface area contributed by atoms with Crippen LogP contribution in [0.5, 0.6) is 0 Å². The van der Waals surface area contributed by atoms with Crippen LogP contribution in [-0.2, 0) is 4.79 Å². The number of hydrogen-bond acceptors (Lipinski definition) is 3. The van der Waals surface area contributed by atoms with Gasteiger partial charge < -0.3 is 0 Å². The van der Waals surface area contributed by atoms with E-state index in [0.29, 0.717) is 5.56 Å². The minimum Gasteiger partial charge on any atom is -0.298 e. The fourth-order valence-electron chi connectivity index (χ4n) is 0.956. The Balaban J connectivity index is 2.98. The van der Waals surface area contributed by atoms with E-state index in [-0.39, 0.29) is 5.78 Å². The third kappa shape index (κ3) is 1.67. The predicted molar refractivity (Wildman–Crippen MR) is 43.3 cm³/mol. The Morgan fingerprint density at radius 1 is 1.58 bits per heavy atom. The van der Waals surface area contributed by atoms with E-state index >= 15 is 0 Å². The second kappa shape index (κ2) is 3.63. The summed E-state index contributed by atoms with van der Waals surface area (Å²) in [5, 5.41) is 8.66. The van der Waals surface area contributed by atoms with Crippen LogP contribution in [0, 0.1) is 11.3 Å². The zero-order chi connectivity index (χ0) is 8.97. The van der Waals surface area contributed by atoms with Crippen LogP contribution in [-0.4, -0.2) is 10.8 Å². The van der Waals surface area contributed by atoms with Crippen LogP contribution in [0.1, 0.15) is 18.4 Å². The van der Waals surface area contributed by atoms with Gasteiger partial charge in [-0.2, -0.15) is 5.26 Å². The van der Waals surface area contributed by atoms with Gasteiger partial charge in [-0.3, -0.25) is 9.78 Å². The molecule has 0 aliphatic rings. The van der Waals surface area contributed by atoms with Gasteiger partial charge >= 0.3 is 0 Å². The Kier molecular flexibility index (Phi) is 2.54. The highest BCUT2D eigenvalue weighted by molar-refractivity contribution is 5.86. The van der Waals surface area contributed by atoms with E-state index in [9.17, 15) is 4.79 Å². The van der Waals surface area contributed by atoms with E-state index < -0.39 is 5.92 Å². The minimum atomic E-state index is -0.645. The van der Waals surface area contributed by atoms with Crippen molar-refractivity contribution in [3.8, 4) is 6.07 Å². The third-order valence-electron chi connectivity index (χ3n) is 1.58. The van der Waals surface area contributed by atoms with Gasteiger partial charge in [-0.15, -0.1) is 0 Å². The molecule has 3 heteroatoms. The fourth-order valence-corrected chi connectivity index (χ4v) is 0.956. The summed E-state index contributed by atoms with van der Waals surface area (Å²) in [5.41, 5.74) is 0.708. The lowest BCUT2D eigenvalue weighted by Gasteiger charge is -2.02. The zero-order valence-electron chi connectivity index (χ0n) is 6.69. The highest BCUT2D eigenvalue weighted by Crippen LogP contribution is 2.13. The van der Waals surface area contributed by atoms with Crippen molar-refractivity contribution in [3.63, 3.8) is 0 Å². The average molecular weight is 160 g/mol. The van der Waals surface area contributed by atoms with E-state index in [4.69, 9.17) is 5.26 Å². The van der Waals surface area contributed by atoms with Gasteiger partial charge in [0.1, 0.15) is 5.92 Å². The Bertz CT molecular complexity index is 313. The molecule has 3 nitrogen and oxygen atoms in total. The smallest absolute Gasteiger partial charge is 0.151 e. The summed E-state index contributed by atoms with van der Waals surface area (Å²) in [5.74, 6) is -0.781. The van der Waals surface area contributed by atoms with Gasteiger partial charge in [0.05, 0.1) is 6.07 Å². The number of carbonyl (C=O) groups is 1. The maximum atomic E-state index is 10.9. The Hall–Kier alpha value is -1.69. The lowest BCUT2D eigenvalue weighted by molar-refractivity contribution is -0.117. The van der Waals surface area contributed by atoms with Crippen LogP contribution >= 0.6 is 0 Å². The summed E-state index contributed by atoms with van der Waals surface area (Å²) in [6, 6.07) is 5.29. The number of nitrogens with zero attached hydrogens (tertiary/aromatic N) is 2. The van der Waals surface area contributed by atoms with Crippen molar-refractivity contribution in [3.05, 3.63) is 30.1 Å². The van der Waals surface area contributed by atoms with Crippen LogP contribution in [0.3, 0.4) is 0 Å². The van der Waals surface area contributed by atoms with Gasteiger partial charge in [0.25, 0.3) is 0 Å². The summed E-state index contributed by atoms with van der Waals surface area (Å²) in [4.78, 5) is 14.7. The Labute approximate surface area is 70.7 Å². The first-order chi connectivity index (χ1) is 5.75. The monoisotopic (exact) mass is 160 g/mol. The molecule has 0 saturated heterocycles. The summed E-state index contributed by atoms with van der Waals surface area (Å²) >= 11 is 0. The van der Waals surface area contributed by atoms with Crippen LogP contribution in [0.15, 0.2) is 24.5 Å². The standard InChI is InChI=1S/C9H8N2O/c1-7(12)9(6-10)8-2-4-11-5-3-8/h2-5,9H,1H3. The SMILES string of the molecule is CC(=O)C(C#N)c1ccncc1. The molecule has 1 aromatic heterocycles. The molecule has 1 atom stereocenters. The number of carbonyl (C=O) groups excluding carboxylic acids is 1. The third-order valence-corrected chi connectivity index (χ3v) is 1.58. The lowest BCUT2D eigenvalue weighted by Crippen LogP contribution is -2.05. The number of aromatic nitrogens is 1. The predicted octanol–water partition coefficient (Wildman–Crippen LogP) is 1.28. The Morgan fingerprint density at radius 2 is 2.17 bits per heavy atom. The van der Waals surface area contributed by atoms with E-state index in [1.54, 1.807) is 24.5 Å². The van der Waals surface area contributed by atoms with Crippen molar-refractivity contribution < 1.29 is 4.79 Å². The van der Waals surface area contributed by atoms with E-state index in [2.05, 4.69) is 4.98 Å². The summed E-state index contributed by atoms with van der Waals surface area (Å²) in [6.45, 7) is 1.41. The molecule has 0 spiro atoms. The maximum Gasteiger partial charge on any atom is 0.151 e. The molecular weight excluding hydrogens is 152 g/mol. The lowest BCUT2D eigenvalue weighted by atomic mass is 9.98. The van der Waals surface area contributed by atoms with E-state index in [1.807, 2.05) is 6.07 Å². The summed E-state index contributed by atoms with van der Waals surface area (Å²) in [6.07, 6.45) is 3.14. The molecule has 1 aromatic rings. The largest absolute Gasteiger partial charge is 0.298 e. The normalized spacial score (nSPS) is 11.7. The number of pyridine rings is 1. The van der Waals surface area contributed by atoms with E-state index in [1.165, 1.54) is 6.92 Å². The maximum absolute atomic E-state index is 10.9. The first-order valence-electron chi connectivity index (χ1n) is 3.55. The zero-order valence-corrected chi connectivity index (χ0v) is 6.69. The fraction of sp³-hybridized carbons (Fsp3) is 0.222. The quantitative estimate of drug-likeness (QED) is 0.654. The molecule has 0 fully saturated rings. The second-order valence-corrected chi connectivity index (χ2v) is 2.45. The molecule has 0 saturated carbocycles. The molecule has 0 amide bonds. The molecule has 0 aliphatic carbocycles. The van der Waals surface area contributed by atoms with Crippen molar-refractivity contribution in [2.24, 2.45) is 0 Å². The molecule has 12 heavy (non-hydrogen) atoms. The molecule has 0 bridgehead atoms. The van der Waals surface area contributed by atoms with Crippen molar-refractivity contribution in [1.82, 2.24) is 4.98 Å². The molecule has 0 N–H and O–H groups in total. The highest BCUT2D eigenvalue weighted by Gasteiger charge is 2.14. The first-order valence-corrected chi connectivity index (χ1v) is 3.55. The first kappa shape index (κ1) is 8.41. The van der Waals surface area contributed by atoms with Crippen LogP contribution in [0.25, 0.3) is 0 Å². The summed E-state index contributed by atoms with van der Waals surface area (Å²) < 4.78 is 0. The van der Waals surface area contributed by atoms with Gasteiger partial charge in [-0.05, 0) is 24.6 Å². The summed E-state index contributed by atoms with van der Waals surface area (Å²) in [7, 11) is 0. The second-order valence-electron chi connectivity index (χ2n) is 2.45. The van der Waals surface area contributed by atoms with Gasteiger partial charge in [0.2, 0.25) is 0 Å². The molecule has 0 radical (unpaired) electrons. The van der Waals surface area contributed by atoms with Gasteiger partial charge in [-0.25, -0.2) is 0 Å². The topological polar surface area (TPSA) is 53.8 Å². The number of rotatable bonds is 2. The number of ketones is 1. The minimum absolute atomic E-state index is 0.135. The van der Waals surface area contributed by atoms with Gasteiger partial charge in [-0.1, -0.05) is 0 Å². The van der Waals surface area contributed by atoms with Crippen molar-refractivity contribution in [2.45, 2.75) is 12.8 Å². The molecular formula is C9H8N2O. The van der Waals surface area contributed by atoms with Crippen molar-refractivity contribution in [2.75, 3.05) is 0 Å². The average Bonchev–Trinajstić information content (AvgIpc) is 2.07. The Morgan fingerprint density at radius 3 is 2.58 bits per heavy atom. The molecule has 60 valence electrons. The molecule has 1 heterocycles. The van der Waals surface area contributed by atoms with E-state index in [0.717, 1.165) is 0 Å². The molecule has 0 aliphatic heterocycles. The molecule has 1 unspecified atom stereocenters. The number of Topliss-reactive ketones (excluding diaryl/α,β-unsaturated/α-hetero) is 1. The van der Waals surface area contributed by atoms with Crippen LogP contribution in [0.4, 0.5) is 0 Å². The van der Waals surface area contributed by atoms with Crippen LogP contribution in [0.2, 0.25) is 0 Å². The number of nitriles is 1. The van der Waals surface area contributed by atoms with Crippen molar-refractivity contribution >= 4 is 5.78 Å². The van der Waals surface area contributed by atoms with Gasteiger partial charge in [0, 0.05) is 12.4 Å². The van der Waals surface area contributed by atoms with Crippen molar-refractivity contribution in [1.29, 1.82) is 5.26 Å². The highest BCUT2D eigenvalue weighted by atomic mass is 16.1.